The lowest BCUT2D eigenvalue weighted by Crippen LogP contribution is -2.43. The van der Waals surface area contributed by atoms with Crippen LogP contribution in [-0.4, -0.2) is 21.1 Å². The Bertz CT molecular complexity index is 1450. The Balaban J connectivity index is 1.71. The number of aromatic nitrogens is 2. The summed E-state index contributed by atoms with van der Waals surface area (Å²) >= 11 is 7.66. The number of nitrogens with zero attached hydrogens (tertiary/aromatic N) is 2. The number of amides is 1. The Labute approximate surface area is 193 Å². The molecule has 1 saturated carbocycles. The first-order valence-electron chi connectivity index (χ1n) is 10.8. The fourth-order valence-corrected chi connectivity index (χ4v) is 5.86. The minimum atomic E-state index is -0.571. The van der Waals surface area contributed by atoms with Crippen molar-refractivity contribution < 1.29 is 4.79 Å². The number of carbonyl (C=O) groups is 1. The van der Waals surface area contributed by atoms with Crippen molar-refractivity contribution in [1.82, 2.24) is 14.5 Å². The Kier molecular flexibility index (Phi) is 5.61. The van der Waals surface area contributed by atoms with Crippen molar-refractivity contribution in [3.8, 4) is 5.69 Å². The number of hydrogen-bond acceptors (Lipinski definition) is 4. The highest BCUT2D eigenvalue weighted by Gasteiger charge is 2.23. The fraction of sp³-hybridized carbons (Fsp3) is 0.292. The Morgan fingerprint density at radius 1 is 1.03 bits per heavy atom. The largest absolute Gasteiger partial charge is 0.352 e. The monoisotopic (exact) mass is 467 g/mol. The zero-order valence-corrected chi connectivity index (χ0v) is 18.9. The minimum absolute atomic E-state index is 0.135. The second kappa shape index (κ2) is 8.56. The van der Waals surface area contributed by atoms with Gasteiger partial charge in [-0.3, -0.25) is 14.2 Å². The zero-order chi connectivity index (χ0) is 22.2. The van der Waals surface area contributed by atoms with Crippen LogP contribution < -0.4 is 16.6 Å². The van der Waals surface area contributed by atoms with E-state index in [-0.39, 0.29) is 18.5 Å². The summed E-state index contributed by atoms with van der Waals surface area (Å²) in [7, 11) is 0. The van der Waals surface area contributed by atoms with Gasteiger partial charge in [0.05, 0.1) is 16.2 Å². The normalized spacial score (nSPS) is 14.8. The van der Waals surface area contributed by atoms with Gasteiger partial charge < -0.3 is 5.32 Å². The number of para-hydroxylation sites is 1. The van der Waals surface area contributed by atoms with Crippen LogP contribution in [0.2, 0.25) is 5.02 Å². The quantitative estimate of drug-likeness (QED) is 0.481. The van der Waals surface area contributed by atoms with Crippen LogP contribution >= 0.6 is 22.9 Å². The van der Waals surface area contributed by atoms with Crippen LogP contribution in [0, 0.1) is 0 Å². The third kappa shape index (κ3) is 3.65. The third-order valence-electron chi connectivity index (χ3n) is 6.02. The number of nitrogens with one attached hydrogen (secondary N) is 1. The molecular formula is C24H22ClN3O3S. The molecule has 4 aromatic rings. The van der Waals surface area contributed by atoms with Gasteiger partial charge in [0.2, 0.25) is 5.91 Å². The van der Waals surface area contributed by atoms with E-state index >= 15 is 0 Å². The number of fused-ring (bicyclic) bond motifs is 3. The van der Waals surface area contributed by atoms with Gasteiger partial charge in [0.1, 0.15) is 11.2 Å². The van der Waals surface area contributed by atoms with Crippen molar-refractivity contribution >= 4 is 49.1 Å². The average molecular weight is 468 g/mol. The smallest absolute Gasteiger partial charge is 0.336 e. The van der Waals surface area contributed by atoms with E-state index in [1.165, 1.54) is 22.3 Å². The molecule has 2 heterocycles. The standard InChI is InChI=1S/C24H22ClN3O3S/c25-17-11-5-6-12-18(17)28-23(30)22-21(16-10-4-7-13-19(16)32-22)27(24(28)31)14-20(29)26-15-8-2-1-3-9-15/h4-7,10-13,15H,1-3,8-9,14H2,(H,26,29). The van der Waals surface area contributed by atoms with Crippen LogP contribution in [0.3, 0.4) is 0 Å². The van der Waals surface area contributed by atoms with Gasteiger partial charge in [0.25, 0.3) is 5.56 Å². The van der Waals surface area contributed by atoms with Crippen LogP contribution in [0.15, 0.2) is 58.1 Å². The second-order valence-corrected chi connectivity index (χ2v) is 9.60. The number of thiophene rings is 1. The van der Waals surface area contributed by atoms with Crippen molar-refractivity contribution in [3.63, 3.8) is 0 Å². The topological polar surface area (TPSA) is 73.1 Å². The molecule has 164 valence electrons. The highest BCUT2D eigenvalue weighted by Crippen LogP contribution is 2.31. The summed E-state index contributed by atoms with van der Waals surface area (Å²) in [5.41, 5.74) is -0.186. The number of halogens is 1. The van der Waals surface area contributed by atoms with E-state index < -0.39 is 11.2 Å². The van der Waals surface area contributed by atoms with Crippen LogP contribution in [0.4, 0.5) is 0 Å². The molecule has 1 amide bonds. The van der Waals surface area contributed by atoms with Gasteiger partial charge in [-0.2, -0.15) is 0 Å². The summed E-state index contributed by atoms with van der Waals surface area (Å²) in [4.78, 5) is 40.0. The molecule has 1 aliphatic rings. The molecular weight excluding hydrogens is 446 g/mol. The molecule has 0 aliphatic heterocycles. The summed E-state index contributed by atoms with van der Waals surface area (Å²) in [6.07, 6.45) is 5.30. The highest BCUT2D eigenvalue weighted by molar-refractivity contribution is 7.25. The van der Waals surface area contributed by atoms with Gasteiger partial charge >= 0.3 is 5.69 Å². The maximum absolute atomic E-state index is 13.6. The number of benzene rings is 2. The number of hydrogen-bond donors (Lipinski definition) is 1. The van der Waals surface area contributed by atoms with Crippen molar-refractivity contribution in [2.75, 3.05) is 0 Å². The summed E-state index contributed by atoms with van der Waals surface area (Å²) in [6.45, 7) is -0.155. The molecule has 32 heavy (non-hydrogen) atoms. The number of rotatable bonds is 4. The summed E-state index contributed by atoms with van der Waals surface area (Å²) in [5, 5.41) is 4.16. The molecule has 0 bridgehead atoms. The summed E-state index contributed by atoms with van der Waals surface area (Å²) in [5.74, 6) is -0.222. The molecule has 0 saturated heterocycles. The maximum Gasteiger partial charge on any atom is 0.336 e. The van der Waals surface area contributed by atoms with Crippen LogP contribution in [0.1, 0.15) is 32.1 Å². The zero-order valence-electron chi connectivity index (χ0n) is 17.3. The Hall–Kier alpha value is -2.90. The minimum Gasteiger partial charge on any atom is -0.352 e. The lowest BCUT2D eigenvalue weighted by Gasteiger charge is -2.23. The lowest BCUT2D eigenvalue weighted by atomic mass is 9.95. The van der Waals surface area contributed by atoms with Gasteiger partial charge in [-0.15, -0.1) is 11.3 Å². The predicted molar refractivity (Wildman–Crippen MR) is 129 cm³/mol. The first-order chi connectivity index (χ1) is 15.5. The van der Waals surface area contributed by atoms with E-state index in [1.54, 1.807) is 24.3 Å². The van der Waals surface area contributed by atoms with Crippen LogP contribution in [-0.2, 0) is 11.3 Å². The Morgan fingerprint density at radius 3 is 2.53 bits per heavy atom. The molecule has 6 nitrogen and oxygen atoms in total. The first kappa shape index (κ1) is 21.0. The van der Waals surface area contributed by atoms with Gasteiger partial charge in [0, 0.05) is 16.1 Å². The van der Waals surface area contributed by atoms with E-state index in [1.807, 2.05) is 24.3 Å². The molecule has 0 radical (unpaired) electrons. The number of carbonyl (C=O) groups excluding carboxylic acids is 1. The van der Waals surface area contributed by atoms with E-state index in [0.29, 0.717) is 20.9 Å². The molecule has 2 aromatic heterocycles. The second-order valence-electron chi connectivity index (χ2n) is 8.14. The molecule has 1 aliphatic carbocycles. The maximum atomic E-state index is 13.6. The Morgan fingerprint density at radius 2 is 1.75 bits per heavy atom. The summed E-state index contributed by atoms with van der Waals surface area (Å²) < 4.78 is 3.80. The van der Waals surface area contributed by atoms with E-state index in [0.717, 1.165) is 40.3 Å². The molecule has 5 rings (SSSR count). The van der Waals surface area contributed by atoms with Gasteiger partial charge in [-0.25, -0.2) is 9.36 Å². The van der Waals surface area contributed by atoms with Crippen LogP contribution in [0.25, 0.3) is 26.0 Å². The molecule has 0 unspecified atom stereocenters. The first-order valence-corrected chi connectivity index (χ1v) is 12.0. The van der Waals surface area contributed by atoms with Crippen molar-refractivity contribution in [1.29, 1.82) is 0 Å². The third-order valence-corrected chi connectivity index (χ3v) is 7.49. The highest BCUT2D eigenvalue weighted by atomic mass is 35.5. The molecule has 0 atom stereocenters. The van der Waals surface area contributed by atoms with Crippen molar-refractivity contribution in [2.45, 2.75) is 44.7 Å². The average Bonchev–Trinajstić information content (AvgIpc) is 3.19. The molecule has 1 fully saturated rings. The molecule has 2 aromatic carbocycles. The van der Waals surface area contributed by atoms with E-state index in [9.17, 15) is 14.4 Å². The van der Waals surface area contributed by atoms with E-state index in [4.69, 9.17) is 11.6 Å². The molecule has 0 spiro atoms. The van der Waals surface area contributed by atoms with Gasteiger partial charge in [-0.1, -0.05) is 61.2 Å². The SMILES string of the molecule is O=C(Cn1c(=O)n(-c2ccccc2Cl)c(=O)c2sc3ccccc3c21)NC1CCCCC1. The van der Waals surface area contributed by atoms with Crippen molar-refractivity contribution in [2.24, 2.45) is 0 Å². The van der Waals surface area contributed by atoms with Crippen LogP contribution in [0.5, 0.6) is 0 Å². The van der Waals surface area contributed by atoms with Crippen molar-refractivity contribution in [3.05, 3.63) is 74.4 Å². The molecule has 1 N–H and O–H groups in total. The lowest BCUT2D eigenvalue weighted by molar-refractivity contribution is -0.122. The predicted octanol–water partition coefficient (Wildman–Crippen LogP) is 4.47. The fourth-order valence-electron chi connectivity index (χ4n) is 4.51. The van der Waals surface area contributed by atoms with Gasteiger partial charge in [-0.05, 0) is 31.0 Å². The van der Waals surface area contributed by atoms with Gasteiger partial charge in [0.15, 0.2) is 0 Å². The summed E-state index contributed by atoms with van der Waals surface area (Å²) in [6, 6.07) is 14.4. The van der Waals surface area contributed by atoms with E-state index in [2.05, 4.69) is 5.32 Å². The molecule has 8 heteroatoms.